The third-order valence-electron chi connectivity index (χ3n) is 2.63. The van der Waals surface area contributed by atoms with Crippen LogP contribution in [0.5, 0.6) is 0 Å². The maximum absolute atomic E-state index is 12.9. The first-order valence-electron chi connectivity index (χ1n) is 4.87. The second-order valence-electron chi connectivity index (χ2n) is 4.44. The van der Waals surface area contributed by atoms with Crippen LogP contribution in [0.15, 0.2) is 0 Å². The Morgan fingerprint density at radius 3 is 0.826 bits per heavy atom. The molecule has 0 saturated carbocycles. The lowest BCUT2D eigenvalue weighted by Crippen LogP contribution is -2.60. The van der Waals surface area contributed by atoms with Crippen molar-refractivity contribution in [1.82, 2.24) is 0 Å². The molecule has 0 aliphatic rings. The van der Waals surface area contributed by atoms with Crippen LogP contribution in [0.3, 0.4) is 0 Å². The van der Waals surface area contributed by atoms with Crippen LogP contribution in [0.4, 0.5) is 43.9 Å². The summed E-state index contributed by atoms with van der Waals surface area (Å²) in [6, 6.07) is 0. The molecule has 0 aromatic heterocycles. The minimum atomic E-state index is -7.42. The topological polar surface area (TPSA) is 68.3 Å². The SMILES string of the molecule is CC(C)(S(=O)(=O)C(F)(F)C(F)(F)F)S(=O)(=O)C(F)(F)C(F)(F)F. The van der Waals surface area contributed by atoms with Gasteiger partial charge in [0.05, 0.1) is 0 Å². The lowest BCUT2D eigenvalue weighted by atomic mass is 10.5. The molecular weight excluding hydrogens is 402 g/mol. The average Bonchev–Trinajstić information content (AvgIpc) is 2.24. The Morgan fingerprint density at radius 2 is 0.696 bits per heavy atom. The fourth-order valence-corrected chi connectivity index (χ4v) is 4.69. The summed E-state index contributed by atoms with van der Waals surface area (Å²) < 4.78 is 164. The lowest BCUT2D eigenvalue weighted by Gasteiger charge is -2.33. The van der Waals surface area contributed by atoms with Crippen LogP contribution in [-0.4, -0.2) is 43.8 Å². The van der Waals surface area contributed by atoms with Crippen LogP contribution < -0.4 is 0 Å². The molecule has 0 N–H and O–H groups in total. The Bertz CT molecular complexity index is 609. The lowest BCUT2D eigenvalue weighted by molar-refractivity contribution is -0.243. The van der Waals surface area contributed by atoms with Crippen LogP contribution in [0.1, 0.15) is 13.8 Å². The van der Waals surface area contributed by atoms with Gasteiger partial charge in [0, 0.05) is 0 Å². The fourth-order valence-electron chi connectivity index (χ4n) is 1.07. The number of hydrogen-bond acceptors (Lipinski definition) is 4. The molecule has 0 radical (unpaired) electrons. The molecule has 16 heteroatoms. The molecule has 0 bridgehead atoms. The van der Waals surface area contributed by atoms with Crippen LogP contribution >= 0.6 is 0 Å². The molecule has 0 aliphatic carbocycles. The molecule has 140 valence electrons. The van der Waals surface area contributed by atoms with Gasteiger partial charge in [0.2, 0.25) is 19.7 Å². The highest BCUT2D eigenvalue weighted by Crippen LogP contribution is 2.51. The van der Waals surface area contributed by atoms with Gasteiger partial charge in [-0.05, 0) is 13.8 Å². The van der Waals surface area contributed by atoms with E-state index in [1.807, 2.05) is 0 Å². The molecule has 0 atom stereocenters. The molecule has 0 spiro atoms. The Morgan fingerprint density at radius 1 is 0.522 bits per heavy atom. The highest BCUT2D eigenvalue weighted by atomic mass is 32.3. The summed E-state index contributed by atoms with van der Waals surface area (Å²) in [6.07, 6.45) is -13.9. The van der Waals surface area contributed by atoms with Crippen LogP contribution in [-0.2, 0) is 19.7 Å². The van der Waals surface area contributed by atoms with Crippen molar-refractivity contribution in [2.45, 2.75) is 40.8 Å². The summed E-state index contributed by atoms with van der Waals surface area (Å²) in [7, 11) is -14.8. The van der Waals surface area contributed by atoms with Crippen LogP contribution in [0.25, 0.3) is 0 Å². The van der Waals surface area contributed by atoms with E-state index in [-0.39, 0.29) is 0 Å². The van der Waals surface area contributed by atoms with Gasteiger partial charge < -0.3 is 0 Å². The molecule has 0 heterocycles. The van der Waals surface area contributed by atoms with Crippen molar-refractivity contribution in [2.24, 2.45) is 0 Å². The molecule has 0 rings (SSSR count). The van der Waals surface area contributed by atoms with Crippen molar-refractivity contribution >= 4 is 19.7 Å². The molecular formula is C7H6F10O4S2. The number of halogens is 10. The zero-order valence-electron chi connectivity index (χ0n) is 10.7. The van der Waals surface area contributed by atoms with Crippen molar-refractivity contribution in [3.05, 3.63) is 0 Å². The summed E-state index contributed by atoms with van der Waals surface area (Å²) in [4.78, 5) is 0. The van der Waals surface area contributed by atoms with E-state index in [1.54, 1.807) is 0 Å². The Balaban J connectivity index is 6.64. The first kappa shape index (κ1) is 22.2. The predicted octanol–water partition coefficient (Wildman–Crippen LogP) is 2.86. The highest BCUT2D eigenvalue weighted by molar-refractivity contribution is 8.11. The molecule has 0 aromatic carbocycles. The van der Waals surface area contributed by atoms with Crippen molar-refractivity contribution in [2.75, 3.05) is 0 Å². The van der Waals surface area contributed by atoms with Gasteiger partial charge in [-0.15, -0.1) is 0 Å². The zero-order valence-corrected chi connectivity index (χ0v) is 12.4. The maximum atomic E-state index is 12.9. The van der Waals surface area contributed by atoms with Crippen molar-refractivity contribution in [3.63, 3.8) is 0 Å². The van der Waals surface area contributed by atoms with Gasteiger partial charge in [-0.25, -0.2) is 16.8 Å². The maximum Gasteiger partial charge on any atom is 0.469 e. The van der Waals surface area contributed by atoms with Crippen molar-refractivity contribution in [1.29, 1.82) is 0 Å². The molecule has 0 unspecified atom stereocenters. The molecule has 0 amide bonds. The number of hydrogen-bond donors (Lipinski definition) is 0. The van der Waals surface area contributed by atoms with E-state index in [9.17, 15) is 60.7 Å². The van der Waals surface area contributed by atoms with Gasteiger partial charge in [-0.3, -0.25) is 0 Å². The monoisotopic (exact) mass is 408 g/mol. The Labute approximate surface area is 122 Å². The Kier molecular flexibility index (Phi) is 4.92. The first-order chi connectivity index (χ1) is 9.50. The van der Waals surface area contributed by atoms with Gasteiger partial charge in [0.15, 0.2) is 4.08 Å². The van der Waals surface area contributed by atoms with Gasteiger partial charge in [0.25, 0.3) is 0 Å². The molecule has 23 heavy (non-hydrogen) atoms. The molecule has 4 nitrogen and oxygen atoms in total. The average molecular weight is 408 g/mol. The first-order valence-corrected chi connectivity index (χ1v) is 7.84. The molecule has 0 aliphatic heterocycles. The van der Waals surface area contributed by atoms with Gasteiger partial charge in [0.1, 0.15) is 0 Å². The van der Waals surface area contributed by atoms with E-state index >= 15 is 0 Å². The molecule has 0 fully saturated rings. The number of rotatable bonds is 4. The van der Waals surface area contributed by atoms with E-state index in [2.05, 4.69) is 0 Å². The normalized spacial score (nSPS) is 16.5. The predicted molar refractivity (Wildman–Crippen MR) is 53.9 cm³/mol. The fraction of sp³-hybridized carbons (Fsp3) is 1.00. The zero-order chi connectivity index (χ0) is 19.5. The summed E-state index contributed by atoms with van der Waals surface area (Å²) in [6.45, 7) is -1.26. The van der Waals surface area contributed by atoms with E-state index in [1.165, 1.54) is 0 Å². The van der Waals surface area contributed by atoms with E-state index in [4.69, 9.17) is 0 Å². The van der Waals surface area contributed by atoms with Crippen molar-refractivity contribution in [3.8, 4) is 0 Å². The second kappa shape index (κ2) is 5.10. The minimum absolute atomic E-state index is 0.628. The largest absolute Gasteiger partial charge is 0.469 e. The second-order valence-corrected chi connectivity index (χ2v) is 9.77. The molecule has 0 aromatic rings. The number of sulfone groups is 2. The highest BCUT2D eigenvalue weighted by Gasteiger charge is 2.79. The van der Waals surface area contributed by atoms with Crippen molar-refractivity contribution < 1.29 is 60.7 Å². The quantitative estimate of drug-likeness (QED) is 0.671. The summed E-state index contributed by atoms with van der Waals surface area (Å²) in [5.41, 5.74) is 0. The van der Waals surface area contributed by atoms with E-state index in [0.717, 1.165) is 0 Å². The molecule has 0 saturated heterocycles. The summed E-state index contributed by atoms with van der Waals surface area (Å²) >= 11 is 0. The summed E-state index contributed by atoms with van der Waals surface area (Å²) in [5.74, 6) is 0. The third-order valence-corrected chi connectivity index (χ3v) is 8.35. The standard InChI is InChI=1S/C7H6F10O4S2/c1-3(2,22(18,19)6(14,15)4(8,9)10)23(20,21)7(16,17)5(11,12)13/h1-2H3. The van der Waals surface area contributed by atoms with Gasteiger partial charge >= 0.3 is 22.9 Å². The smallest absolute Gasteiger partial charge is 0.221 e. The van der Waals surface area contributed by atoms with Gasteiger partial charge in [-0.1, -0.05) is 0 Å². The van der Waals surface area contributed by atoms with E-state index in [0.29, 0.717) is 0 Å². The van der Waals surface area contributed by atoms with Crippen LogP contribution in [0, 0.1) is 0 Å². The van der Waals surface area contributed by atoms with Gasteiger partial charge in [-0.2, -0.15) is 43.9 Å². The summed E-state index contributed by atoms with van der Waals surface area (Å²) in [5, 5.41) is -13.8. The van der Waals surface area contributed by atoms with Crippen LogP contribution in [0.2, 0.25) is 0 Å². The Hall–Kier alpha value is -0.800. The number of alkyl halides is 10. The minimum Gasteiger partial charge on any atom is -0.221 e. The third kappa shape index (κ3) is 2.76. The van der Waals surface area contributed by atoms with E-state index < -0.39 is 60.5 Å².